The van der Waals surface area contributed by atoms with Crippen LogP contribution < -0.4 is 4.84 Å². The number of likely N-dealkylation sites (tertiary alicyclic amines) is 1. The van der Waals surface area contributed by atoms with Crippen LogP contribution in [0.4, 0.5) is 4.79 Å². The Kier molecular flexibility index (Phi) is 6.17. The van der Waals surface area contributed by atoms with E-state index < -0.39 is 0 Å². The largest absolute Gasteiger partial charge is 0.450 e. The number of ether oxygens (including phenoxy) is 1. The Balaban J connectivity index is 1.57. The van der Waals surface area contributed by atoms with Crippen LogP contribution in [-0.4, -0.2) is 40.6 Å². The van der Waals surface area contributed by atoms with Gasteiger partial charge in [-0.25, -0.2) is 4.79 Å². The minimum absolute atomic E-state index is 0.211. The van der Waals surface area contributed by atoms with Crippen molar-refractivity contribution in [2.75, 3.05) is 19.7 Å². The number of piperidine rings is 1. The van der Waals surface area contributed by atoms with E-state index in [2.05, 4.69) is 27.7 Å². The lowest BCUT2D eigenvalue weighted by atomic mass is 9.92. The highest BCUT2D eigenvalue weighted by molar-refractivity contribution is 14.1. The molecule has 2 heterocycles. The Bertz CT molecular complexity index is 697. The van der Waals surface area contributed by atoms with Crippen LogP contribution >= 0.6 is 22.6 Å². The minimum atomic E-state index is -0.211. The second-order valence-electron chi connectivity index (χ2n) is 5.98. The van der Waals surface area contributed by atoms with Crippen molar-refractivity contribution in [2.45, 2.75) is 32.3 Å². The monoisotopic (exact) mass is 455 g/mol. The zero-order valence-corrected chi connectivity index (χ0v) is 16.4. The van der Waals surface area contributed by atoms with Crippen molar-refractivity contribution in [2.24, 2.45) is 0 Å². The van der Waals surface area contributed by atoms with Crippen LogP contribution in [0, 0.1) is 3.70 Å². The van der Waals surface area contributed by atoms with Crippen LogP contribution in [0.25, 0.3) is 0 Å². The lowest BCUT2D eigenvalue weighted by Crippen LogP contribution is -2.38. The fourth-order valence-electron chi connectivity index (χ4n) is 2.99. The molecule has 7 heteroatoms. The average Bonchev–Trinajstić information content (AvgIpc) is 3.02. The third kappa shape index (κ3) is 4.45. The molecule has 1 fully saturated rings. The molecule has 1 aromatic carbocycles. The van der Waals surface area contributed by atoms with E-state index in [0.717, 1.165) is 35.2 Å². The van der Waals surface area contributed by atoms with Gasteiger partial charge in [-0.1, -0.05) is 35.2 Å². The molecular formula is C18H22IN3O3. The SMILES string of the molecule is CCOC(=O)N1CCC(c2cnn(OCc3ccccc3)c2I)CC1. The molecule has 0 N–H and O–H groups in total. The van der Waals surface area contributed by atoms with Gasteiger partial charge in [-0.2, -0.15) is 0 Å². The van der Waals surface area contributed by atoms with E-state index in [9.17, 15) is 4.79 Å². The molecule has 1 saturated heterocycles. The predicted octanol–water partition coefficient (Wildman–Crippen LogP) is 3.45. The highest BCUT2D eigenvalue weighted by Gasteiger charge is 2.27. The molecule has 1 aliphatic rings. The van der Waals surface area contributed by atoms with E-state index in [1.54, 1.807) is 9.75 Å². The van der Waals surface area contributed by atoms with Crippen molar-refractivity contribution in [1.29, 1.82) is 0 Å². The van der Waals surface area contributed by atoms with E-state index in [1.807, 2.05) is 43.5 Å². The van der Waals surface area contributed by atoms with E-state index in [1.165, 1.54) is 5.56 Å². The van der Waals surface area contributed by atoms with Gasteiger partial charge in [0.05, 0.1) is 12.8 Å². The highest BCUT2D eigenvalue weighted by Crippen LogP contribution is 2.31. The maximum absolute atomic E-state index is 11.8. The lowest BCUT2D eigenvalue weighted by Gasteiger charge is -2.30. The molecule has 0 unspecified atom stereocenters. The molecule has 25 heavy (non-hydrogen) atoms. The van der Waals surface area contributed by atoms with E-state index in [0.29, 0.717) is 19.1 Å². The van der Waals surface area contributed by atoms with Crippen molar-refractivity contribution in [3.8, 4) is 0 Å². The summed E-state index contributed by atoms with van der Waals surface area (Å²) in [5, 5.41) is 4.37. The first kappa shape index (κ1) is 18.0. The van der Waals surface area contributed by atoms with Gasteiger partial charge in [-0.15, -0.1) is 5.10 Å². The van der Waals surface area contributed by atoms with Gasteiger partial charge in [0.1, 0.15) is 10.3 Å². The second kappa shape index (κ2) is 8.55. The van der Waals surface area contributed by atoms with Crippen molar-refractivity contribution in [1.82, 2.24) is 14.8 Å². The van der Waals surface area contributed by atoms with Crippen molar-refractivity contribution >= 4 is 28.7 Å². The number of carbonyl (C=O) groups excluding carboxylic acids is 1. The molecule has 0 aliphatic carbocycles. The van der Waals surface area contributed by atoms with Gasteiger partial charge in [0.25, 0.3) is 0 Å². The Morgan fingerprint density at radius 2 is 2.00 bits per heavy atom. The van der Waals surface area contributed by atoms with Gasteiger partial charge in [0, 0.05) is 18.7 Å². The maximum Gasteiger partial charge on any atom is 0.409 e. The number of hydrogen-bond acceptors (Lipinski definition) is 4. The fourth-order valence-corrected chi connectivity index (χ4v) is 3.83. The van der Waals surface area contributed by atoms with Gasteiger partial charge in [-0.3, -0.25) is 0 Å². The van der Waals surface area contributed by atoms with E-state index in [-0.39, 0.29) is 6.09 Å². The highest BCUT2D eigenvalue weighted by atomic mass is 127. The Labute approximate surface area is 161 Å². The molecule has 1 amide bonds. The summed E-state index contributed by atoms with van der Waals surface area (Å²) in [6, 6.07) is 10.0. The van der Waals surface area contributed by atoms with Crippen LogP contribution in [0.15, 0.2) is 36.5 Å². The standard InChI is InChI=1S/C18H22IN3O3/c1-2-24-18(23)21-10-8-15(9-11-21)16-12-20-22(17(16)19)25-13-14-6-4-3-5-7-14/h3-7,12,15H,2,8-11,13H2,1H3. The number of carbonyl (C=O) groups is 1. The minimum Gasteiger partial charge on any atom is -0.450 e. The molecule has 6 nitrogen and oxygen atoms in total. The van der Waals surface area contributed by atoms with Gasteiger partial charge in [0.2, 0.25) is 0 Å². The molecule has 0 saturated carbocycles. The third-order valence-corrected chi connectivity index (χ3v) is 5.40. The first-order chi connectivity index (χ1) is 12.2. The Morgan fingerprint density at radius 3 is 2.68 bits per heavy atom. The van der Waals surface area contributed by atoms with Crippen LogP contribution in [0.1, 0.15) is 36.8 Å². The molecule has 0 bridgehead atoms. The molecule has 3 rings (SSSR count). The summed E-state index contributed by atoms with van der Waals surface area (Å²) in [6.07, 6.45) is 3.51. The molecule has 0 atom stereocenters. The molecule has 1 aromatic heterocycles. The lowest BCUT2D eigenvalue weighted by molar-refractivity contribution is 0.0641. The van der Waals surface area contributed by atoms with Crippen molar-refractivity contribution < 1.29 is 14.4 Å². The topological polar surface area (TPSA) is 56.6 Å². The van der Waals surface area contributed by atoms with Gasteiger partial charge in [-0.05, 0) is 53.8 Å². The normalized spacial score (nSPS) is 15.2. The summed E-state index contributed by atoms with van der Waals surface area (Å²) in [5.41, 5.74) is 2.30. The molecular weight excluding hydrogens is 433 g/mol. The predicted molar refractivity (Wildman–Crippen MR) is 102 cm³/mol. The molecule has 1 aliphatic heterocycles. The fraction of sp³-hybridized carbons (Fsp3) is 0.444. The number of halogens is 1. The molecule has 0 spiro atoms. The second-order valence-corrected chi connectivity index (χ2v) is 7.00. The van der Waals surface area contributed by atoms with Gasteiger partial charge < -0.3 is 14.5 Å². The summed E-state index contributed by atoms with van der Waals surface area (Å²) >= 11 is 2.28. The number of rotatable bonds is 5. The molecule has 0 radical (unpaired) electrons. The Morgan fingerprint density at radius 1 is 1.28 bits per heavy atom. The summed E-state index contributed by atoms with van der Waals surface area (Å²) in [5.74, 6) is 0.395. The van der Waals surface area contributed by atoms with Crippen molar-refractivity contribution in [3.05, 3.63) is 51.4 Å². The summed E-state index contributed by atoms with van der Waals surface area (Å²) < 4.78 is 6.08. The molecule has 134 valence electrons. The van der Waals surface area contributed by atoms with E-state index >= 15 is 0 Å². The average molecular weight is 455 g/mol. The molecule has 2 aromatic rings. The zero-order chi connectivity index (χ0) is 17.6. The number of aromatic nitrogens is 2. The first-order valence-electron chi connectivity index (χ1n) is 8.51. The Hall–Kier alpha value is -1.77. The van der Waals surface area contributed by atoms with Crippen LogP contribution in [0.5, 0.6) is 0 Å². The van der Waals surface area contributed by atoms with E-state index in [4.69, 9.17) is 9.57 Å². The quantitative estimate of drug-likeness (QED) is 0.649. The zero-order valence-electron chi connectivity index (χ0n) is 14.2. The number of benzene rings is 1. The summed E-state index contributed by atoms with van der Waals surface area (Å²) in [6.45, 7) is 4.17. The number of hydrogen-bond donors (Lipinski definition) is 0. The third-order valence-electron chi connectivity index (χ3n) is 4.36. The summed E-state index contributed by atoms with van der Waals surface area (Å²) in [7, 11) is 0. The first-order valence-corrected chi connectivity index (χ1v) is 9.59. The number of amides is 1. The summed E-state index contributed by atoms with van der Waals surface area (Å²) in [4.78, 5) is 21.0. The number of nitrogens with zero attached hydrogens (tertiary/aromatic N) is 3. The van der Waals surface area contributed by atoms with Crippen LogP contribution in [0.3, 0.4) is 0 Å². The maximum atomic E-state index is 11.8. The smallest absolute Gasteiger partial charge is 0.409 e. The van der Waals surface area contributed by atoms with Crippen LogP contribution in [0.2, 0.25) is 0 Å². The van der Waals surface area contributed by atoms with Gasteiger partial charge in [0.15, 0.2) is 0 Å². The van der Waals surface area contributed by atoms with Crippen LogP contribution in [-0.2, 0) is 11.3 Å². The van der Waals surface area contributed by atoms with Crippen molar-refractivity contribution in [3.63, 3.8) is 0 Å². The van der Waals surface area contributed by atoms with Gasteiger partial charge >= 0.3 is 6.09 Å².